The molecule has 1 aliphatic carbocycles. The van der Waals surface area contributed by atoms with Gasteiger partial charge in [0.05, 0.1) is 11.7 Å². The summed E-state index contributed by atoms with van der Waals surface area (Å²) in [6.45, 7) is 1.66. The van der Waals surface area contributed by atoms with Crippen molar-refractivity contribution in [3.8, 4) is 0 Å². The lowest BCUT2D eigenvalue weighted by Crippen LogP contribution is -2.29. The van der Waals surface area contributed by atoms with Gasteiger partial charge < -0.3 is 5.32 Å². The van der Waals surface area contributed by atoms with Crippen LogP contribution in [0, 0.1) is 0 Å². The van der Waals surface area contributed by atoms with Gasteiger partial charge in [0.25, 0.3) is 0 Å². The number of rotatable bonds is 7. The summed E-state index contributed by atoms with van der Waals surface area (Å²) in [5.74, 6) is 0.0486. The van der Waals surface area contributed by atoms with Crippen LogP contribution in [-0.2, 0) is 11.3 Å². The van der Waals surface area contributed by atoms with E-state index in [1.165, 1.54) is 29.2 Å². The summed E-state index contributed by atoms with van der Waals surface area (Å²) >= 11 is 0. The van der Waals surface area contributed by atoms with Crippen molar-refractivity contribution in [2.75, 3.05) is 11.9 Å². The van der Waals surface area contributed by atoms with Gasteiger partial charge in [-0.15, -0.1) is 0 Å². The van der Waals surface area contributed by atoms with Gasteiger partial charge in [0.2, 0.25) is 5.91 Å². The zero-order valence-electron chi connectivity index (χ0n) is 16.3. The van der Waals surface area contributed by atoms with Crippen LogP contribution in [0.2, 0.25) is 0 Å². The molecule has 0 saturated heterocycles. The number of nitrogens with zero attached hydrogens (tertiary/aromatic N) is 2. The van der Waals surface area contributed by atoms with E-state index in [4.69, 9.17) is 0 Å². The molecule has 146 valence electrons. The van der Waals surface area contributed by atoms with Gasteiger partial charge in [0.15, 0.2) is 0 Å². The molecule has 1 heterocycles. The predicted molar refractivity (Wildman–Crippen MR) is 117 cm³/mol. The van der Waals surface area contributed by atoms with Crippen LogP contribution in [-0.4, -0.2) is 33.6 Å². The van der Waals surface area contributed by atoms with E-state index >= 15 is 0 Å². The molecular formula is C24H24N4O. The molecular weight excluding hydrogens is 360 g/mol. The van der Waals surface area contributed by atoms with Crippen LogP contribution in [0.1, 0.15) is 24.8 Å². The highest BCUT2D eigenvalue weighted by molar-refractivity contribution is 5.93. The average molecular weight is 384 g/mol. The zero-order chi connectivity index (χ0) is 19.6. The molecule has 1 saturated carbocycles. The van der Waals surface area contributed by atoms with Crippen molar-refractivity contribution in [1.29, 1.82) is 0 Å². The van der Waals surface area contributed by atoms with Crippen molar-refractivity contribution < 1.29 is 4.79 Å². The van der Waals surface area contributed by atoms with Gasteiger partial charge in [-0.25, -0.2) is 0 Å². The maximum atomic E-state index is 12.5. The fourth-order valence-electron chi connectivity index (χ4n) is 3.96. The molecule has 3 aromatic carbocycles. The molecule has 5 heteroatoms. The Morgan fingerprint density at radius 1 is 1.07 bits per heavy atom. The van der Waals surface area contributed by atoms with E-state index in [1.807, 2.05) is 18.2 Å². The quantitative estimate of drug-likeness (QED) is 0.485. The highest BCUT2D eigenvalue weighted by Crippen LogP contribution is 2.30. The number of hydrogen-bond donors (Lipinski definition) is 2. The Kier molecular flexibility index (Phi) is 4.74. The van der Waals surface area contributed by atoms with E-state index in [0.29, 0.717) is 12.5 Å². The predicted octanol–water partition coefficient (Wildman–Crippen LogP) is 4.71. The minimum atomic E-state index is 0.0486. The van der Waals surface area contributed by atoms with E-state index in [-0.39, 0.29) is 5.91 Å². The first kappa shape index (κ1) is 17.9. The molecule has 0 radical (unpaired) electrons. The number of H-pyrrole nitrogens is 1. The van der Waals surface area contributed by atoms with Crippen LogP contribution in [0.4, 0.5) is 5.69 Å². The highest BCUT2D eigenvalue weighted by Gasteiger charge is 2.29. The Morgan fingerprint density at radius 3 is 2.83 bits per heavy atom. The van der Waals surface area contributed by atoms with Gasteiger partial charge in [-0.3, -0.25) is 14.8 Å². The normalized spacial score (nSPS) is 14.0. The summed E-state index contributed by atoms with van der Waals surface area (Å²) in [6, 6.07) is 21.4. The molecule has 1 aliphatic rings. The third-order valence-electron chi connectivity index (χ3n) is 5.67. The second-order valence-corrected chi connectivity index (χ2v) is 7.81. The smallest absolute Gasteiger partial charge is 0.225 e. The molecule has 4 aromatic rings. The molecule has 0 unspecified atom stereocenters. The summed E-state index contributed by atoms with van der Waals surface area (Å²) < 4.78 is 0. The number of fused-ring (bicyclic) bond motifs is 2. The molecule has 1 amide bonds. The first-order valence-corrected chi connectivity index (χ1v) is 10.2. The number of carbonyl (C=O) groups excluding carboxylic acids is 1. The van der Waals surface area contributed by atoms with Gasteiger partial charge in [-0.1, -0.05) is 42.5 Å². The number of nitrogens with one attached hydrogen (secondary N) is 2. The SMILES string of the molecule is O=C(CCN(Cc1cccc2ccccc12)C1CC1)Nc1ccc2cn[nH]c2c1. The lowest BCUT2D eigenvalue weighted by molar-refractivity contribution is -0.116. The number of aromatic amines is 1. The van der Waals surface area contributed by atoms with E-state index in [0.717, 1.165) is 29.7 Å². The molecule has 0 spiro atoms. The van der Waals surface area contributed by atoms with Crippen LogP contribution >= 0.6 is 0 Å². The summed E-state index contributed by atoms with van der Waals surface area (Å²) in [7, 11) is 0. The maximum absolute atomic E-state index is 12.5. The van der Waals surface area contributed by atoms with Gasteiger partial charge >= 0.3 is 0 Å². The number of hydrogen-bond acceptors (Lipinski definition) is 3. The molecule has 2 N–H and O–H groups in total. The molecule has 29 heavy (non-hydrogen) atoms. The van der Waals surface area contributed by atoms with E-state index in [9.17, 15) is 4.79 Å². The first-order chi connectivity index (χ1) is 14.3. The third-order valence-corrected chi connectivity index (χ3v) is 5.67. The minimum absolute atomic E-state index is 0.0486. The van der Waals surface area contributed by atoms with Crippen LogP contribution in [0.3, 0.4) is 0 Å². The maximum Gasteiger partial charge on any atom is 0.225 e. The van der Waals surface area contributed by atoms with Crippen molar-refractivity contribution in [1.82, 2.24) is 15.1 Å². The van der Waals surface area contributed by atoms with Crippen molar-refractivity contribution in [3.05, 3.63) is 72.4 Å². The van der Waals surface area contributed by atoms with Gasteiger partial charge in [0.1, 0.15) is 0 Å². The summed E-state index contributed by atoms with van der Waals surface area (Å²) in [5, 5.41) is 13.6. The molecule has 0 bridgehead atoms. The number of carbonyl (C=O) groups is 1. The van der Waals surface area contributed by atoms with Crippen molar-refractivity contribution >= 4 is 33.3 Å². The van der Waals surface area contributed by atoms with E-state index < -0.39 is 0 Å². The van der Waals surface area contributed by atoms with Gasteiger partial charge in [-0.05, 0) is 47.4 Å². The largest absolute Gasteiger partial charge is 0.326 e. The summed E-state index contributed by atoms with van der Waals surface area (Å²) in [6.07, 6.45) is 4.72. The molecule has 5 nitrogen and oxygen atoms in total. The Hall–Kier alpha value is -3.18. The van der Waals surface area contributed by atoms with Crippen molar-refractivity contribution in [2.45, 2.75) is 31.8 Å². The van der Waals surface area contributed by atoms with E-state index in [1.54, 1.807) is 6.20 Å². The van der Waals surface area contributed by atoms with E-state index in [2.05, 4.69) is 62.9 Å². The summed E-state index contributed by atoms with van der Waals surface area (Å²) in [4.78, 5) is 15.0. The van der Waals surface area contributed by atoms with Gasteiger partial charge in [-0.2, -0.15) is 5.10 Å². The van der Waals surface area contributed by atoms with Crippen molar-refractivity contribution in [2.24, 2.45) is 0 Å². The zero-order valence-corrected chi connectivity index (χ0v) is 16.3. The second-order valence-electron chi connectivity index (χ2n) is 7.81. The standard InChI is InChI=1S/C24H24N4O/c29-24(26-20-9-8-18-15-25-27-23(18)14-20)12-13-28(21-10-11-21)16-19-6-3-5-17-4-1-2-7-22(17)19/h1-9,14-15,21H,10-13,16H2,(H,25,27)(H,26,29). The van der Waals surface area contributed by atoms with Crippen LogP contribution < -0.4 is 5.32 Å². The fourth-order valence-corrected chi connectivity index (χ4v) is 3.96. The highest BCUT2D eigenvalue weighted by atomic mass is 16.1. The molecule has 5 rings (SSSR count). The Bertz CT molecular complexity index is 1160. The molecule has 0 atom stereocenters. The first-order valence-electron chi connectivity index (χ1n) is 10.2. The van der Waals surface area contributed by atoms with Crippen LogP contribution in [0.25, 0.3) is 21.7 Å². The topological polar surface area (TPSA) is 61.0 Å². The lowest BCUT2D eigenvalue weighted by Gasteiger charge is -2.22. The van der Waals surface area contributed by atoms with Crippen LogP contribution in [0.5, 0.6) is 0 Å². The second kappa shape index (κ2) is 7.68. The third kappa shape index (κ3) is 4.00. The monoisotopic (exact) mass is 384 g/mol. The average Bonchev–Trinajstić information content (AvgIpc) is 3.48. The Balaban J connectivity index is 1.24. The Labute approximate surface area is 169 Å². The number of aromatic nitrogens is 2. The fraction of sp³-hybridized carbons (Fsp3) is 0.250. The number of anilines is 1. The van der Waals surface area contributed by atoms with Gasteiger partial charge in [0, 0.05) is 36.6 Å². The molecule has 1 aromatic heterocycles. The number of amides is 1. The summed E-state index contributed by atoms with van der Waals surface area (Å²) in [5.41, 5.74) is 3.07. The lowest BCUT2D eigenvalue weighted by atomic mass is 10.0. The minimum Gasteiger partial charge on any atom is -0.326 e. The molecule has 0 aliphatic heterocycles. The molecule has 1 fully saturated rings. The number of benzene rings is 3. The van der Waals surface area contributed by atoms with Crippen molar-refractivity contribution in [3.63, 3.8) is 0 Å². The van der Waals surface area contributed by atoms with Crippen LogP contribution in [0.15, 0.2) is 66.9 Å². The Morgan fingerprint density at radius 2 is 1.93 bits per heavy atom.